The number of ether oxygens (including phenoxy) is 1. The van der Waals surface area contributed by atoms with Crippen LogP contribution in [0.25, 0.3) is 0 Å². The molecule has 2 aromatic rings. The largest absolute Gasteiger partial charge is 0.478 e. The topological polar surface area (TPSA) is 72.5 Å². The molecule has 0 fully saturated rings. The van der Waals surface area contributed by atoms with Crippen LogP contribution in [0, 0.1) is 0 Å². The Hall–Kier alpha value is -2.33. The van der Waals surface area contributed by atoms with Crippen LogP contribution in [0.4, 0.5) is 0 Å². The molecule has 0 aliphatic heterocycles. The molecule has 0 spiro atoms. The minimum absolute atomic E-state index is 0.0663. The maximum Gasteiger partial charge on any atom is 0.347 e. The summed E-state index contributed by atoms with van der Waals surface area (Å²) in [6.45, 7) is 3.04. The third-order valence-electron chi connectivity index (χ3n) is 3.49. The van der Waals surface area contributed by atoms with Gasteiger partial charge in [0.25, 0.3) is 0 Å². The van der Waals surface area contributed by atoms with E-state index in [0.717, 1.165) is 11.1 Å². The van der Waals surface area contributed by atoms with E-state index in [-0.39, 0.29) is 6.04 Å². The molecule has 1 atom stereocenters. The molecule has 116 valence electrons. The van der Waals surface area contributed by atoms with Crippen LogP contribution in [0.1, 0.15) is 31.0 Å². The van der Waals surface area contributed by atoms with Crippen LogP contribution in [0.5, 0.6) is 5.75 Å². The first kappa shape index (κ1) is 16.0. The molecule has 0 aliphatic rings. The normalized spacial score (nSPS) is 12.7. The van der Waals surface area contributed by atoms with Crippen LogP contribution in [-0.2, 0) is 11.2 Å². The van der Waals surface area contributed by atoms with Crippen molar-refractivity contribution in [3.05, 3.63) is 65.7 Å². The molecule has 2 rings (SSSR count). The van der Waals surface area contributed by atoms with Crippen molar-refractivity contribution in [2.75, 3.05) is 0 Å². The molecule has 0 heterocycles. The molecule has 0 aromatic heterocycles. The van der Waals surface area contributed by atoms with E-state index in [1.165, 1.54) is 13.8 Å². The van der Waals surface area contributed by atoms with E-state index in [0.29, 0.717) is 12.2 Å². The third kappa shape index (κ3) is 4.09. The zero-order valence-corrected chi connectivity index (χ0v) is 12.8. The quantitative estimate of drug-likeness (QED) is 0.859. The average molecular weight is 299 g/mol. The Morgan fingerprint density at radius 3 is 2.27 bits per heavy atom. The lowest BCUT2D eigenvalue weighted by molar-refractivity contribution is -0.152. The molecule has 0 aliphatic carbocycles. The third-order valence-corrected chi connectivity index (χ3v) is 3.49. The zero-order chi connectivity index (χ0) is 16.2. The van der Waals surface area contributed by atoms with Crippen LogP contribution < -0.4 is 10.5 Å². The van der Waals surface area contributed by atoms with Crippen LogP contribution in [0.2, 0.25) is 0 Å². The van der Waals surface area contributed by atoms with Gasteiger partial charge in [-0.25, -0.2) is 4.79 Å². The molecule has 4 nitrogen and oxygen atoms in total. The second kappa shape index (κ2) is 6.62. The summed E-state index contributed by atoms with van der Waals surface area (Å²) in [5, 5.41) is 9.06. The second-order valence-corrected chi connectivity index (χ2v) is 5.78. The zero-order valence-electron chi connectivity index (χ0n) is 12.8. The van der Waals surface area contributed by atoms with Gasteiger partial charge in [-0.05, 0) is 43.5 Å². The molecule has 0 saturated carbocycles. The summed E-state index contributed by atoms with van der Waals surface area (Å²) >= 11 is 0. The molecule has 0 radical (unpaired) electrons. The van der Waals surface area contributed by atoms with Crippen LogP contribution in [0.15, 0.2) is 54.6 Å². The minimum Gasteiger partial charge on any atom is -0.478 e. The first-order chi connectivity index (χ1) is 10.4. The van der Waals surface area contributed by atoms with Crippen molar-refractivity contribution < 1.29 is 14.6 Å². The van der Waals surface area contributed by atoms with Crippen molar-refractivity contribution in [3.8, 4) is 5.75 Å². The van der Waals surface area contributed by atoms with Crippen molar-refractivity contribution in [2.45, 2.75) is 31.9 Å². The fraction of sp³-hybridized carbons (Fsp3) is 0.278. The van der Waals surface area contributed by atoms with E-state index >= 15 is 0 Å². The summed E-state index contributed by atoms with van der Waals surface area (Å²) in [6, 6.07) is 17.2. The Kier molecular flexibility index (Phi) is 4.83. The fourth-order valence-electron chi connectivity index (χ4n) is 2.10. The number of rotatable bonds is 6. The number of carbonyl (C=O) groups is 1. The number of hydrogen-bond acceptors (Lipinski definition) is 3. The van der Waals surface area contributed by atoms with Crippen molar-refractivity contribution in [3.63, 3.8) is 0 Å². The van der Waals surface area contributed by atoms with Gasteiger partial charge in [0.05, 0.1) is 0 Å². The first-order valence-electron chi connectivity index (χ1n) is 7.20. The Bertz CT molecular complexity index is 621. The lowest BCUT2D eigenvalue weighted by Crippen LogP contribution is -2.37. The lowest BCUT2D eigenvalue weighted by Gasteiger charge is -2.21. The average Bonchev–Trinajstić information content (AvgIpc) is 2.49. The van der Waals surface area contributed by atoms with Crippen molar-refractivity contribution in [1.29, 1.82) is 0 Å². The minimum atomic E-state index is -1.25. The van der Waals surface area contributed by atoms with Gasteiger partial charge in [0.15, 0.2) is 5.60 Å². The number of nitrogens with two attached hydrogens (primary N) is 1. The van der Waals surface area contributed by atoms with Crippen molar-refractivity contribution >= 4 is 5.97 Å². The van der Waals surface area contributed by atoms with E-state index in [2.05, 4.69) is 0 Å². The first-order valence-corrected chi connectivity index (χ1v) is 7.20. The molecular weight excluding hydrogens is 278 g/mol. The molecule has 2 aromatic carbocycles. The second-order valence-electron chi connectivity index (χ2n) is 5.78. The Morgan fingerprint density at radius 1 is 1.14 bits per heavy atom. The van der Waals surface area contributed by atoms with Crippen LogP contribution >= 0.6 is 0 Å². The van der Waals surface area contributed by atoms with Gasteiger partial charge >= 0.3 is 5.97 Å². The van der Waals surface area contributed by atoms with Gasteiger partial charge in [-0.2, -0.15) is 0 Å². The highest BCUT2D eigenvalue weighted by atomic mass is 16.5. The van der Waals surface area contributed by atoms with Crippen molar-refractivity contribution in [1.82, 2.24) is 0 Å². The highest BCUT2D eigenvalue weighted by molar-refractivity contribution is 5.76. The number of benzene rings is 2. The van der Waals surface area contributed by atoms with Gasteiger partial charge in [-0.3, -0.25) is 0 Å². The molecular formula is C18H21NO3. The highest BCUT2D eigenvalue weighted by Crippen LogP contribution is 2.21. The Labute approximate surface area is 130 Å². The Balaban J connectivity index is 2.02. The SMILES string of the molecule is CC(C)(Oc1ccc(CC(N)c2ccccc2)cc1)C(=O)O. The number of aliphatic carboxylic acids is 1. The predicted molar refractivity (Wildman–Crippen MR) is 85.9 cm³/mol. The van der Waals surface area contributed by atoms with E-state index in [4.69, 9.17) is 15.6 Å². The Morgan fingerprint density at radius 2 is 1.73 bits per heavy atom. The lowest BCUT2D eigenvalue weighted by atomic mass is 10.00. The molecule has 0 amide bonds. The van der Waals surface area contributed by atoms with E-state index in [1.54, 1.807) is 12.1 Å². The molecule has 1 unspecified atom stereocenters. The van der Waals surface area contributed by atoms with E-state index in [1.807, 2.05) is 42.5 Å². The monoisotopic (exact) mass is 299 g/mol. The molecule has 0 bridgehead atoms. The predicted octanol–water partition coefficient (Wildman–Crippen LogP) is 3.17. The highest BCUT2D eigenvalue weighted by Gasteiger charge is 2.29. The van der Waals surface area contributed by atoms with Gasteiger partial charge < -0.3 is 15.6 Å². The maximum absolute atomic E-state index is 11.1. The van der Waals surface area contributed by atoms with Gasteiger partial charge in [0.2, 0.25) is 0 Å². The maximum atomic E-state index is 11.1. The van der Waals surface area contributed by atoms with E-state index < -0.39 is 11.6 Å². The van der Waals surface area contributed by atoms with Gasteiger partial charge in [-0.15, -0.1) is 0 Å². The standard InChI is InChI=1S/C18H21NO3/c1-18(2,17(20)21)22-15-10-8-13(9-11-15)12-16(19)14-6-4-3-5-7-14/h3-11,16H,12,19H2,1-2H3,(H,20,21). The number of carboxylic acid groups (broad SMARTS) is 1. The smallest absolute Gasteiger partial charge is 0.347 e. The van der Waals surface area contributed by atoms with Crippen molar-refractivity contribution in [2.24, 2.45) is 5.73 Å². The van der Waals surface area contributed by atoms with Gasteiger partial charge in [0.1, 0.15) is 5.75 Å². The van der Waals surface area contributed by atoms with Crippen LogP contribution in [0.3, 0.4) is 0 Å². The summed E-state index contributed by atoms with van der Waals surface area (Å²) in [5.41, 5.74) is 7.12. The summed E-state index contributed by atoms with van der Waals surface area (Å²) in [6.07, 6.45) is 0.715. The van der Waals surface area contributed by atoms with Crippen LogP contribution in [-0.4, -0.2) is 16.7 Å². The summed E-state index contributed by atoms with van der Waals surface area (Å²) in [5.74, 6) is -0.466. The van der Waals surface area contributed by atoms with E-state index in [9.17, 15) is 4.79 Å². The fourth-order valence-corrected chi connectivity index (χ4v) is 2.10. The summed E-state index contributed by atoms with van der Waals surface area (Å²) in [7, 11) is 0. The summed E-state index contributed by atoms with van der Waals surface area (Å²) in [4.78, 5) is 11.1. The van der Waals surface area contributed by atoms with Gasteiger partial charge in [0, 0.05) is 6.04 Å². The number of hydrogen-bond donors (Lipinski definition) is 2. The number of carboxylic acids is 1. The van der Waals surface area contributed by atoms with Gasteiger partial charge in [-0.1, -0.05) is 42.5 Å². The molecule has 0 saturated heterocycles. The molecule has 4 heteroatoms. The molecule has 22 heavy (non-hydrogen) atoms. The molecule has 3 N–H and O–H groups in total. The summed E-state index contributed by atoms with van der Waals surface area (Å²) < 4.78 is 5.48.